The average Bonchev–Trinajstić information content (AvgIpc) is 4.06. The first-order chi connectivity index (χ1) is 25.3. The highest BCUT2D eigenvalue weighted by atomic mass is 15.1. The molecule has 0 spiro atoms. The Morgan fingerprint density at radius 2 is 0.750 bits per heavy atom. The minimum Gasteiger partial charge on any atom is -0.317 e. The summed E-state index contributed by atoms with van der Waals surface area (Å²) in [7, 11) is 9.15. The summed E-state index contributed by atoms with van der Waals surface area (Å²) in [5.74, 6) is 3.78. The van der Waals surface area contributed by atoms with Crippen LogP contribution in [-0.4, -0.2) is 153 Å². The van der Waals surface area contributed by atoms with E-state index < -0.39 is 0 Å². The van der Waals surface area contributed by atoms with Gasteiger partial charge in [-0.2, -0.15) is 0 Å². The molecule has 2 saturated carbocycles. The number of hydrogen-bond acceptors (Lipinski definition) is 8. The van der Waals surface area contributed by atoms with Crippen molar-refractivity contribution in [1.82, 2.24) is 40.9 Å². The van der Waals surface area contributed by atoms with Crippen LogP contribution in [0.2, 0.25) is 0 Å². The summed E-state index contributed by atoms with van der Waals surface area (Å²) in [6.45, 7) is 28.6. The van der Waals surface area contributed by atoms with Crippen molar-refractivity contribution in [3.05, 3.63) is 0 Å². The van der Waals surface area contributed by atoms with Gasteiger partial charge in [0, 0.05) is 13.1 Å². The van der Waals surface area contributed by atoms with Crippen molar-refractivity contribution in [2.24, 2.45) is 23.7 Å². The van der Waals surface area contributed by atoms with E-state index in [-0.39, 0.29) is 0 Å². The van der Waals surface area contributed by atoms with Crippen LogP contribution in [0.3, 0.4) is 0 Å². The lowest BCUT2D eigenvalue weighted by Crippen LogP contribution is -2.27. The van der Waals surface area contributed by atoms with E-state index in [1.165, 1.54) is 201 Å². The molecule has 2 aliphatic rings. The van der Waals surface area contributed by atoms with Gasteiger partial charge in [-0.05, 0) is 221 Å². The van der Waals surface area contributed by atoms with Crippen LogP contribution >= 0.6 is 0 Å². The molecule has 0 amide bonds. The van der Waals surface area contributed by atoms with Gasteiger partial charge in [0.15, 0.2) is 0 Å². The summed E-state index contributed by atoms with van der Waals surface area (Å²) < 4.78 is 0. The third-order valence-corrected chi connectivity index (χ3v) is 11.5. The highest BCUT2D eigenvalue weighted by Crippen LogP contribution is 2.39. The Morgan fingerprint density at radius 1 is 0.385 bits per heavy atom. The Hall–Kier alpha value is -0.320. The van der Waals surface area contributed by atoms with E-state index in [1.54, 1.807) is 0 Å². The lowest BCUT2D eigenvalue weighted by Gasteiger charge is -2.20. The molecule has 312 valence electrons. The molecular weight excluding hydrogens is 641 g/mol. The van der Waals surface area contributed by atoms with Gasteiger partial charge in [0.2, 0.25) is 0 Å². The molecule has 0 aliphatic heterocycles. The van der Waals surface area contributed by atoms with Crippen LogP contribution in [0.5, 0.6) is 0 Å². The molecule has 0 aromatic rings. The van der Waals surface area contributed by atoms with Crippen molar-refractivity contribution < 1.29 is 0 Å². The molecule has 4 N–H and O–H groups in total. The van der Waals surface area contributed by atoms with Crippen LogP contribution in [0.1, 0.15) is 130 Å². The molecule has 0 radical (unpaired) electrons. The van der Waals surface area contributed by atoms with Crippen LogP contribution in [0.15, 0.2) is 0 Å². The number of nitrogens with one attached hydrogen (secondary N) is 4. The fourth-order valence-electron chi connectivity index (χ4n) is 7.36. The third kappa shape index (κ3) is 30.9. The largest absolute Gasteiger partial charge is 0.317 e. The molecule has 8 nitrogen and oxygen atoms in total. The Morgan fingerprint density at radius 3 is 1.21 bits per heavy atom. The first kappa shape index (κ1) is 49.7. The van der Waals surface area contributed by atoms with Crippen LogP contribution < -0.4 is 21.3 Å². The zero-order valence-electron chi connectivity index (χ0n) is 36.7. The van der Waals surface area contributed by atoms with E-state index in [1.807, 2.05) is 0 Å². The monoisotopic (exact) mass is 737 g/mol. The average molecular weight is 737 g/mol. The van der Waals surface area contributed by atoms with Crippen molar-refractivity contribution in [3.63, 3.8) is 0 Å². The molecule has 0 heterocycles. The summed E-state index contributed by atoms with van der Waals surface area (Å²) in [4.78, 5) is 10.1. The van der Waals surface area contributed by atoms with Crippen LogP contribution in [0.25, 0.3) is 0 Å². The number of unbranched alkanes of at least 4 members (excludes halogenated alkanes) is 8. The molecule has 52 heavy (non-hydrogen) atoms. The van der Waals surface area contributed by atoms with E-state index in [2.05, 4.69) is 96.8 Å². The van der Waals surface area contributed by atoms with E-state index in [0.29, 0.717) is 0 Å². The summed E-state index contributed by atoms with van der Waals surface area (Å²) in [6.07, 6.45) is 21.5. The molecule has 0 aromatic heterocycles. The Bertz CT molecular complexity index is 741. The summed E-state index contributed by atoms with van der Waals surface area (Å²) in [5.41, 5.74) is 0. The van der Waals surface area contributed by atoms with Gasteiger partial charge in [-0.25, -0.2) is 0 Å². The zero-order chi connectivity index (χ0) is 38.1. The summed E-state index contributed by atoms with van der Waals surface area (Å²) in [5, 5.41) is 14.2. The van der Waals surface area contributed by atoms with E-state index in [9.17, 15) is 0 Å². The second-order valence-electron chi connectivity index (χ2n) is 17.0. The number of rotatable bonds is 38. The summed E-state index contributed by atoms with van der Waals surface area (Å²) >= 11 is 0. The van der Waals surface area contributed by atoms with Crippen molar-refractivity contribution in [2.75, 3.05) is 133 Å². The Labute approximate surface area is 327 Å². The maximum Gasteiger partial charge on any atom is 0.000985 e. The first-order valence-corrected chi connectivity index (χ1v) is 22.9. The van der Waals surface area contributed by atoms with Gasteiger partial charge in [-0.3, -0.25) is 0 Å². The third-order valence-electron chi connectivity index (χ3n) is 11.5. The van der Waals surface area contributed by atoms with Crippen LogP contribution in [0, 0.1) is 23.7 Å². The molecule has 0 aromatic carbocycles. The molecule has 4 unspecified atom stereocenters. The maximum absolute atomic E-state index is 3.65. The molecule has 4 atom stereocenters. The van der Waals surface area contributed by atoms with Crippen LogP contribution in [-0.2, 0) is 0 Å². The molecule has 8 heteroatoms. The van der Waals surface area contributed by atoms with E-state index in [0.717, 1.165) is 30.2 Å². The van der Waals surface area contributed by atoms with Gasteiger partial charge in [0.1, 0.15) is 0 Å². The lowest BCUT2D eigenvalue weighted by molar-refractivity contribution is 0.265. The minimum absolute atomic E-state index is 0.937. The lowest BCUT2D eigenvalue weighted by atomic mass is 10.2. The smallest absolute Gasteiger partial charge is 0.000985 e. The standard InChI is InChI=1S/C24H52N4.C20H44N4/c1-7-9-10-16-26(4)17-12-14-19-28(6)22-24-20-23(24)21-27(5)18-13-11-15-25(3)8-2;1-3-5-6-12-22-13-8-10-15-24-18-20-16-19(20)17-23-14-9-7-11-21-4-2/h23-24H,7-22H2,1-6H3;19-24H,3-18H2,1-2H3. The number of nitrogens with zero attached hydrogens (tertiary/aromatic N) is 4. The fourth-order valence-corrected chi connectivity index (χ4v) is 7.36. The zero-order valence-corrected chi connectivity index (χ0v) is 36.7. The first-order valence-electron chi connectivity index (χ1n) is 22.9. The Kier molecular flexibility index (Phi) is 33.6. The molecule has 0 bridgehead atoms. The van der Waals surface area contributed by atoms with Crippen LogP contribution in [0.4, 0.5) is 0 Å². The van der Waals surface area contributed by atoms with Gasteiger partial charge in [0.25, 0.3) is 0 Å². The van der Waals surface area contributed by atoms with Gasteiger partial charge in [-0.1, -0.05) is 53.4 Å². The second-order valence-corrected chi connectivity index (χ2v) is 17.0. The second kappa shape index (κ2) is 35.1. The topological polar surface area (TPSA) is 61.1 Å². The van der Waals surface area contributed by atoms with Gasteiger partial charge < -0.3 is 40.9 Å². The predicted octanol–water partition coefficient (Wildman–Crippen LogP) is 6.87. The van der Waals surface area contributed by atoms with Crippen molar-refractivity contribution in [1.29, 1.82) is 0 Å². The minimum atomic E-state index is 0.937. The highest BCUT2D eigenvalue weighted by molar-refractivity contribution is 4.90. The predicted molar refractivity (Wildman–Crippen MR) is 232 cm³/mol. The van der Waals surface area contributed by atoms with E-state index in [4.69, 9.17) is 0 Å². The number of hydrogen-bond donors (Lipinski definition) is 4. The maximum atomic E-state index is 3.65. The van der Waals surface area contributed by atoms with E-state index >= 15 is 0 Å². The summed E-state index contributed by atoms with van der Waals surface area (Å²) in [6, 6.07) is 0. The fraction of sp³-hybridized carbons (Fsp3) is 1.00. The SMILES string of the molecule is CCCCCN(C)CCCCN(C)CC1CC1CN(C)CCCCN(C)CC.CCCCCNCCCCNCC1CC1CNCCCCNCC. The molecule has 2 aliphatic carbocycles. The molecule has 2 rings (SSSR count). The van der Waals surface area contributed by atoms with Gasteiger partial charge in [0.05, 0.1) is 0 Å². The highest BCUT2D eigenvalue weighted by Gasteiger charge is 2.38. The molecule has 2 fully saturated rings. The normalized spacial score (nSPS) is 19.6. The van der Waals surface area contributed by atoms with Crippen molar-refractivity contribution >= 4 is 0 Å². The quantitative estimate of drug-likeness (QED) is 0.0513. The van der Waals surface area contributed by atoms with Crippen molar-refractivity contribution in [2.45, 2.75) is 130 Å². The molecule has 0 saturated heterocycles. The van der Waals surface area contributed by atoms with Crippen molar-refractivity contribution in [3.8, 4) is 0 Å². The molecular formula is C44H96N8. The van der Waals surface area contributed by atoms with Gasteiger partial charge in [-0.15, -0.1) is 0 Å². The Balaban J connectivity index is 0.000000526. The van der Waals surface area contributed by atoms with Gasteiger partial charge >= 0.3 is 0 Å².